The van der Waals surface area contributed by atoms with Crippen LogP contribution in [0.4, 0.5) is 0 Å². The maximum absolute atomic E-state index is 8.53. The van der Waals surface area contributed by atoms with Crippen LogP contribution in [0.3, 0.4) is 0 Å². The summed E-state index contributed by atoms with van der Waals surface area (Å²) in [6.07, 6.45) is 1.72. The molecule has 0 aromatic rings. The molecule has 0 aliphatic heterocycles. The molecular formula is C7H17NO2. The van der Waals surface area contributed by atoms with Crippen LogP contribution >= 0.6 is 0 Å². The highest BCUT2D eigenvalue weighted by molar-refractivity contribution is 4.72. The molecule has 3 nitrogen and oxygen atoms in total. The molecule has 0 rings (SSSR count). The van der Waals surface area contributed by atoms with Crippen LogP contribution in [0.15, 0.2) is 0 Å². The van der Waals surface area contributed by atoms with Gasteiger partial charge in [0.2, 0.25) is 0 Å². The first-order valence-electron chi connectivity index (χ1n) is 3.53. The van der Waals surface area contributed by atoms with Crippen molar-refractivity contribution < 1.29 is 9.94 Å². The summed E-state index contributed by atoms with van der Waals surface area (Å²) in [6.45, 7) is 4.31. The molecule has 0 spiro atoms. The summed E-state index contributed by atoms with van der Waals surface area (Å²) in [4.78, 5) is 4.77. The SMILES string of the molecule is CONC(C)(C)CCCO. The fourth-order valence-electron chi connectivity index (χ4n) is 0.848. The van der Waals surface area contributed by atoms with Crippen LogP contribution in [0.2, 0.25) is 0 Å². The Balaban J connectivity index is 3.42. The fourth-order valence-corrected chi connectivity index (χ4v) is 0.848. The summed E-state index contributed by atoms with van der Waals surface area (Å²) in [5.41, 5.74) is 2.82. The largest absolute Gasteiger partial charge is 0.396 e. The molecule has 0 aliphatic carbocycles. The summed E-state index contributed by atoms with van der Waals surface area (Å²) in [6, 6.07) is 0. The van der Waals surface area contributed by atoms with Crippen LogP contribution in [0.25, 0.3) is 0 Å². The monoisotopic (exact) mass is 147 g/mol. The topological polar surface area (TPSA) is 41.5 Å². The maximum Gasteiger partial charge on any atom is 0.0572 e. The van der Waals surface area contributed by atoms with Gasteiger partial charge < -0.3 is 9.94 Å². The Bertz CT molecular complexity index is 83.7. The third kappa shape index (κ3) is 4.73. The first-order chi connectivity index (χ1) is 4.62. The molecule has 2 N–H and O–H groups in total. The van der Waals surface area contributed by atoms with E-state index in [9.17, 15) is 0 Å². The Morgan fingerprint density at radius 3 is 2.50 bits per heavy atom. The van der Waals surface area contributed by atoms with E-state index in [4.69, 9.17) is 9.94 Å². The van der Waals surface area contributed by atoms with E-state index < -0.39 is 0 Å². The van der Waals surface area contributed by atoms with Gasteiger partial charge in [-0.3, -0.25) is 0 Å². The molecule has 0 aliphatic rings. The summed E-state index contributed by atoms with van der Waals surface area (Å²) in [7, 11) is 1.60. The zero-order valence-electron chi connectivity index (χ0n) is 6.98. The molecule has 0 aromatic carbocycles. The van der Waals surface area contributed by atoms with Crippen LogP contribution in [-0.2, 0) is 4.84 Å². The lowest BCUT2D eigenvalue weighted by Crippen LogP contribution is -2.38. The van der Waals surface area contributed by atoms with E-state index in [1.165, 1.54) is 0 Å². The summed E-state index contributed by atoms with van der Waals surface area (Å²) in [5, 5.41) is 8.53. The predicted molar refractivity (Wildman–Crippen MR) is 40.5 cm³/mol. The molecule has 62 valence electrons. The van der Waals surface area contributed by atoms with Gasteiger partial charge in [0.05, 0.1) is 7.11 Å². The van der Waals surface area contributed by atoms with Gasteiger partial charge in [0.15, 0.2) is 0 Å². The van der Waals surface area contributed by atoms with Gasteiger partial charge >= 0.3 is 0 Å². The third-order valence-electron chi connectivity index (χ3n) is 1.34. The Kier molecular flexibility index (Phi) is 4.60. The molecule has 0 saturated heterocycles. The normalized spacial score (nSPS) is 12.0. The second kappa shape index (κ2) is 4.66. The summed E-state index contributed by atoms with van der Waals surface area (Å²) >= 11 is 0. The van der Waals surface area contributed by atoms with Gasteiger partial charge in [0.25, 0.3) is 0 Å². The highest BCUT2D eigenvalue weighted by atomic mass is 16.6. The molecule has 0 saturated carbocycles. The van der Waals surface area contributed by atoms with Crippen LogP contribution < -0.4 is 5.48 Å². The molecule has 0 unspecified atom stereocenters. The fraction of sp³-hybridized carbons (Fsp3) is 1.00. The highest BCUT2D eigenvalue weighted by Gasteiger charge is 2.15. The average molecular weight is 147 g/mol. The lowest BCUT2D eigenvalue weighted by Gasteiger charge is -2.23. The van der Waals surface area contributed by atoms with Crippen molar-refractivity contribution in [2.45, 2.75) is 32.2 Å². The highest BCUT2D eigenvalue weighted by Crippen LogP contribution is 2.09. The lowest BCUT2D eigenvalue weighted by atomic mass is 10.0. The summed E-state index contributed by atoms with van der Waals surface area (Å²) < 4.78 is 0. The molecule has 0 amide bonds. The quantitative estimate of drug-likeness (QED) is 0.562. The number of hydroxylamine groups is 1. The maximum atomic E-state index is 8.53. The number of hydrogen-bond acceptors (Lipinski definition) is 3. The molecule has 0 aromatic heterocycles. The van der Waals surface area contributed by atoms with Crippen molar-refractivity contribution in [2.75, 3.05) is 13.7 Å². The van der Waals surface area contributed by atoms with Crippen LogP contribution in [0, 0.1) is 0 Å². The molecular weight excluding hydrogens is 130 g/mol. The number of aliphatic hydroxyl groups excluding tert-OH is 1. The Morgan fingerprint density at radius 2 is 2.10 bits per heavy atom. The van der Waals surface area contributed by atoms with Crippen molar-refractivity contribution >= 4 is 0 Å². The van der Waals surface area contributed by atoms with E-state index in [1.54, 1.807) is 7.11 Å². The molecule has 0 bridgehead atoms. The molecule has 0 atom stereocenters. The number of rotatable bonds is 5. The van der Waals surface area contributed by atoms with Gasteiger partial charge in [0.1, 0.15) is 0 Å². The number of aliphatic hydroxyl groups is 1. The van der Waals surface area contributed by atoms with E-state index in [0.29, 0.717) is 0 Å². The second-order valence-electron chi connectivity index (χ2n) is 3.02. The van der Waals surface area contributed by atoms with E-state index in [-0.39, 0.29) is 12.1 Å². The van der Waals surface area contributed by atoms with E-state index in [2.05, 4.69) is 5.48 Å². The average Bonchev–Trinajstić information content (AvgIpc) is 1.84. The van der Waals surface area contributed by atoms with Crippen molar-refractivity contribution in [1.29, 1.82) is 0 Å². The second-order valence-corrected chi connectivity index (χ2v) is 3.02. The molecule has 3 heteroatoms. The van der Waals surface area contributed by atoms with Crippen LogP contribution in [0.1, 0.15) is 26.7 Å². The Hall–Kier alpha value is -0.120. The van der Waals surface area contributed by atoms with Crippen molar-refractivity contribution in [2.24, 2.45) is 0 Å². The smallest absolute Gasteiger partial charge is 0.0572 e. The van der Waals surface area contributed by atoms with Crippen molar-refractivity contribution in [1.82, 2.24) is 5.48 Å². The van der Waals surface area contributed by atoms with Gasteiger partial charge in [-0.25, -0.2) is 0 Å². The van der Waals surface area contributed by atoms with Gasteiger partial charge in [-0.15, -0.1) is 0 Å². The molecule has 0 fully saturated rings. The van der Waals surface area contributed by atoms with Crippen molar-refractivity contribution in [3.8, 4) is 0 Å². The van der Waals surface area contributed by atoms with E-state index >= 15 is 0 Å². The minimum atomic E-state index is -0.0303. The Morgan fingerprint density at radius 1 is 1.50 bits per heavy atom. The minimum absolute atomic E-state index is 0.0303. The number of nitrogens with one attached hydrogen (secondary N) is 1. The molecule has 10 heavy (non-hydrogen) atoms. The molecule has 0 heterocycles. The van der Waals surface area contributed by atoms with Gasteiger partial charge in [0, 0.05) is 12.1 Å². The Labute approximate surface area is 62.3 Å². The number of hydrogen-bond donors (Lipinski definition) is 2. The van der Waals surface area contributed by atoms with E-state index in [1.807, 2.05) is 13.8 Å². The summed E-state index contributed by atoms with van der Waals surface area (Å²) in [5.74, 6) is 0. The third-order valence-corrected chi connectivity index (χ3v) is 1.34. The zero-order valence-corrected chi connectivity index (χ0v) is 6.98. The first kappa shape index (κ1) is 9.88. The predicted octanol–water partition coefficient (Wildman–Crippen LogP) is 0.688. The van der Waals surface area contributed by atoms with Gasteiger partial charge in [-0.1, -0.05) is 0 Å². The van der Waals surface area contributed by atoms with Crippen molar-refractivity contribution in [3.05, 3.63) is 0 Å². The van der Waals surface area contributed by atoms with Crippen molar-refractivity contribution in [3.63, 3.8) is 0 Å². The first-order valence-corrected chi connectivity index (χ1v) is 3.53. The standard InChI is InChI=1S/C7H17NO2/c1-7(2,8-10-3)5-4-6-9/h8-9H,4-6H2,1-3H3. The zero-order chi connectivity index (χ0) is 8.04. The van der Waals surface area contributed by atoms with Crippen LogP contribution in [-0.4, -0.2) is 24.4 Å². The molecule has 0 radical (unpaired) electrons. The minimum Gasteiger partial charge on any atom is -0.396 e. The van der Waals surface area contributed by atoms with Gasteiger partial charge in [-0.2, -0.15) is 5.48 Å². The van der Waals surface area contributed by atoms with Crippen LogP contribution in [0.5, 0.6) is 0 Å². The van der Waals surface area contributed by atoms with Gasteiger partial charge in [-0.05, 0) is 26.7 Å². The lowest BCUT2D eigenvalue weighted by molar-refractivity contribution is 0.0212. The van der Waals surface area contributed by atoms with E-state index in [0.717, 1.165) is 12.8 Å².